The van der Waals surface area contributed by atoms with E-state index in [9.17, 15) is 22.8 Å². The number of carboxylic acids is 1. The zero-order chi connectivity index (χ0) is 19.7. The van der Waals surface area contributed by atoms with E-state index in [4.69, 9.17) is 10.9 Å². The Morgan fingerprint density at radius 3 is 2.35 bits per heavy atom. The lowest BCUT2D eigenvalue weighted by atomic mass is 9.88. The summed E-state index contributed by atoms with van der Waals surface area (Å²) in [5.41, 5.74) is 1.87. The van der Waals surface area contributed by atoms with Crippen LogP contribution in [-0.4, -0.2) is 22.4 Å². The average Bonchev–Trinajstić information content (AvgIpc) is 2.60. The Hall–Kier alpha value is -2.45. The number of allylic oxidation sites excluding steroid dienone is 2. The Morgan fingerprint density at radius 1 is 1.19 bits per heavy atom. The van der Waals surface area contributed by atoms with E-state index in [2.05, 4.69) is 5.43 Å². The Bertz CT molecular complexity index is 714. The van der Waals surface area contributed by atoms with Gasteiger partial charge in [0.2, 0.25) is 0 Å². The molecule has 0 radical (unpaired) electrons. The summed E-state index contributed by atoms with van der Waals surface area (Å²) in [6.07, 6.45) is 7.67. The van der Waals surface area contributed by atoms with Gasteiger partial charge in [0.15, 0.2) is 17.4 Å². The fraction of sp³-hybridized carbons (Fsp3) is 0.333. The van der Waals surface area contributed by atoms with E-state index in [-0.39, 0.29) is 30.6 Å². The van der Waals surface area contributed by atoms with Crippen molar-refractivity contribution in [3.05, 3.63) is 59.5 Å². The van der Waals surface area contributed by atoms with Gasteiger partial charge in [-0.05, 0) is 37.0 Å². The molecule has 0 bridgehead atoms. The van der Waals surface area contributed by atoms with Crippen molar-refractivity contribution in [1.82, 2.24) is 5.43 Å². The van der Waals surface area contributed by atoms with Crippen molar-refractivity contribution in [3.63, 3.8) is 0 Å². The number of rotatable bonds is 6. The third-order valence-electron chi connectivity index (χ3n) is 3.92. The molecule has 1 aromatic rings. The van der Waals surface area contributed by atoms with Crippen molar-refractivity contribution in [3.8, 4) is 0 Å². The molecule has 0 aromatic heterocycles. The maximum atomic E-state index is 13.0. The summed E-state index contributed by atoms with van der Waals surface area (Å²) in [6.45, 7) is 1.92. The standard InChI is InChI=1S/C10H9F3O2.C8H12N2O/c11-7-5-9(13)8(12)4-6(7)2-1-3-10(14)15;1-2-8(10-9)6-4-3-5-7(8)11/h4-5H,1-3H2,(H,14,15);3-6,10H,2,9H2,1H3. The SMILES string of the molecule is CCC1(NN)C=CC=CC1=O.O=C(O)CCCc1cc(F)c(F)cc1F. The number of nitrogens with one attached hydrogen (secondary N) is 1. The van der Waals surface area contributed by atoms with Crippen LogP contribution in [0.5, 0.6) is 0 Å². The molecule has 26 heavy (non-hydrogen) atoms. The van der Waals surface area contributed by atoms with Gasteiger partial charge in [0.05, 0.1) is 0 Å². The normalized spacial score (nSPS) is 18.4. The fourth-order valence-corrected chi connectivity index (χ4v) is 2.29. The van der Waals surface area contributed by atoms with E-state index in [0.29, 0.717) is 12.5 Å². The summed E-state index contributed by atoms with van der Waals surface area (Å²) >= 11 is 0. The quantitative estimate of drug-likeness (QED) is 0.407. The molecule has 0 fully saturated rings. The maximum absolute atomic E-state index is 13.0. The first-order valence-corrected chi connectivity index (χ1v) is 7.99. The van der Waals surface area contributed by atoms with Crippen LogP contribution in [-0.2, 0) is 16.0 Å². The van der Waals surface area contributed by atoms with Crippen molar-refractivity contribution in [2.45, 2.75) is 38.1 Å². The van der Waals surface area contributed by atoms with Crippen LogP contribution in [0.4, 0.5) is 13.2 Å². The molecule has 1 atom stereocenters. The van der Waals surface area contributed by atoms with E-state index in [0.717, 1.165) is 6.07 Å². The molecule has 0 saturated carbocycles. The van der Waals surface area contributed by atoms with Gasteiger partial charge in [-0.3, -0.25) is 15.4 Å². The molecule has 0 heterocycles. The Balaban J connectivity index is 0.000000273. The topological polar surface area (TPSA) is 92.4 Å². The number of halogens is 3. The number of hydrogen-bond acceptors (Lipinski definition) is 4. The first-order chi connectivity index (χ1) is 12.3. The molecule has 0 saturated heterocycles. The predicted molar refractivity (Wildman–Crippen MR) is 90.5 cm³/mol. The number of hydrazine groups is 1. The third kappa shape index (κ3) is 5.82. The molecule has 1 aliphatic carbocycles. The molecule has 142 valence electrons. The summed E-state index contributed by atoms with van der Waals surface area (Å²) < 4.78 is 38.2. The molecular weight excluding hydrogens is 349 g/mol. The van der Waals surface area contributed by atoms with Gasteiger partial charge in [0.1, 0.15) is 11.4 Å². The molecule has 0 aliphatic heterocycles. The maximum Gasteiger partial charge on any atom is 0.303 e. The summed E-state index contributed by atoms with van der Waals surface area (Å²) in [6, 6.07) is 1.22. The number of benzene rings is 1. The van der Waals surface area contributed by atoms with Crippen molar-refractivity contribution in [1.29, 1.82) is 0 Å². The van der Waals surface area contributed by atoms with Gasteiger partial charge in [-0.2, -0.15) is 0 Å². The number of hydrogen-bond donors (Lipinski definition) is 3. The second-order valence-corrected chi connectivity index (χ2v) is 5.66. The first-order valence-electron chi connectivity index (χ1n) is 7.99. The van der Waals surface area contributed by atoms with Crippen LogP contribution < -0.4 is 11.3 Å². The van der Waals surface area contributed by atoms with Crippen LogP contribution >= 0.6 is 0 Å². The highest BCUT2D eigenvalue weighted by atomic mass is 19.2. The third-order valence-corrected chi connectivity index (χ3v) is 3.92. The summed E-state index contributed by atoms with van der Waals surface area (Å²) in [4.78, 5) is 21.5. The van der Waals surface area contributed by atoms with Crippen molar-refractivity contribution < 1.29 is 27.9 Å². The minimum atomic E-state index is -1.24. The van der Waals surface area contributed by atoms with Gasteiger partial charge in [-0.1, -0.05) is 25.2 Å². The highest BCUT2D eigenvalue weighted by Crippen LogP contribution is 2.17. The molecule has 1 aliphatic rings. The van der Waals surface area contributed by atoms with Crippen molar-refractivity contribution >= 4 is 11.8 Å². The lowest BCUT2D eigenvalue weighted by molar-refractivity contribution is -0.137. The number of carbonyl (C=O) groups excluding carboxylic acids is 1. The minimum Gasteiger partial charge on any atom is -0.481 e. The van der Waals surface area contributed by atoms with Crippen LogP contribution in [0.2, 0.25) is 0 Å². The molecule has 2 rings (SSSR count). The van der Waals surface area contributed by atoms with Gasteiger partial charge >= 0.3 is 5.97 Å². The summed E-state index contributed by atoms with van der Waals surface area (Å²) in [5, 5.41) is 8.33. The lowest BCUT2D eigenvalue weighted by Crippen LogP contribution is -2.53. The Labute approximate surface area is 149 Å². The number of aryl methyl sites for hydroxylation is 1. The number of ketones is 1. The zero-order valence-corrected chi connectivity index (χ0v) is 14.3. The minimum absolute atomic E-state index is 0.00449. The van der Waals surface area contributed by atoms with E-state index >= 15 is 0 Å². The molecule has 5 nitrogen and oxygen atoms in total. The number of carbonyl (C=O) groups is 2. The second kappa shape index (κ2) is 9.88. The van der Waals surface area contributed by atoms with Crippen LogP contribution in [0, 0.1) is 17.5 Å². The Morgan fingerprint density at radius 2 is 1.85 bits per heavy atom. The van der Waals surface area contributed by atoms with Crippen LogP contribution in [0.3, 0.4) is 0 Å². The lowest BCUT2D eigenvalue weighted by Gasteiger charge is -2.26. The summed E-state index contributed by atoms with van der Waals surface area (Å²) in [5.74, 6) is 1.09. The number of aliphatic carboxylic acids is 1. The first kappa shape index (κ1) is 21.6. The van der Waals surface area contributed by atoms with E-state index < -0.39 is 29.0 Å². The summed E-state index contributed by atoms with van der Waals surface area (Å²) in [7, 11) is 0. The second-order valence-electron chi connectivity index (χ2n) is 5.66. The van der Waals surface area contributed by atoms with Gasteiger partial charge in [-0.15, -0.1) is 0 Å². The molecule has 1 unspecified atom stereocenters. The Kier molecular flexibility index (Phi) is 8.21. The molecule has 0 spiro atoms. The number of carboxylic acid groups (broad SMARTS) is 1. The highest BCUT2D eigenvalue weighted by Gasteiger charge is 2.31. The fourth-order valence-electron chi connectivity index (χ4n) is 2.29. The van der Waals surface area contributed by atoms with E-state index in [1.54, 1.807) is 12.2 Å². The number of nitrogens with two attached hydrogens (primary N) is 1. The van der Waals surface area contributed by atoms with E-state index in [1.807, 2.05) is 13.0 Å². The molecular formula is C18H21F3N2O3. The highest BCUT2D eigenvalue weighted by molar-refractivity contribution is 6.00. The predicted octanol–water partition coefficient (Wildman–Crippen LogP) is 2.80. The van der Waals surface area contributed by atoms with Crippen LogP contribution in [0.15, 0.2) is 36.4 Å². The van der Waals surface area contributed by atoms with Gasteiger partial charge in [0.25, 0.3) is 0 Å². The van der Waals surface area contributed by atoms with Crippen molar-refractivity contribution in [2.24, 2.45) is 5.84 Å². The van der Waals surface area contributed by atoms with E-state index in [1.165, 1.54) is 6.08 Å². The van der Waals surface area contributed by atoms with Crippen LogP contribution in [0.1, 0.15) is 31.7 Å². The average molecular weight is 370 g/mol. The molecule has 8 heteroatoms. The molecule has 1 aromatic carbocycles. The smallest absolute Gasteiger partial charge is 0.303 e. The van der Waals surface area contributed by atoms with Gasteiger partial charge in [0, 0.05) is 12.5 Å². The van der Waals surface area contributed by atoms with Gasteiger partial charge in [-0.25, -0.2) is 18.6 Å². The molecule has 4 N–H and O–H groups in total. The van der Waals surface area contributed by atoms with Crippen LogP contribution in [0.25, 0.3) is 0 Å². The van der Waals surface area contributed by atoms with Crippen molar-refractivity contribution in [2.75, 3.05) is 0 Å². The monoisotopic (exact) mass is 370 g/mol. The largest absolute Gasteiger partial charge is 0.481 e. The molecule has 0 amide bonds. The zero-order valence-electron chi connectivity index (χ0n) is 14.3. The van der Waals surface area contributed by atoms with Gasteiger partial charge < -0.3 is 5.11 Å².